The molecule has 0 aliphatic rings. The molecule has 0 radical (unpaired) electrons. The first-order valence-electron chi connectivity index (χ1n) is 17.4. The van der Waals surface area contributed by atoms with Crippen molar-refractivity contribution in [1.29, 1.82) is 0 Å². The number of guanidine groups is 2. The molecule has 19 N–H and O–H groups in total. The van der Waals surface area contributed by atoms with Crippen LogP contribution in [0.5, 0.6) is 0 Å². The molecule has 0 heterocycles. The number of carboxylic acid groups (broad SMARTS) is 3. The van der Waals surface area contributed by atoms with Crippen LogP contribution in [-0.2, 0) is 33.6 Å². The van der Waals surface area contributed by atoms with Crippen LogP contribution < -0.4 is 55.7 Å². The summed E-state index contributed by atoms with van der Waals surface area (Å²) in [6, 6.07) is -1.62. The number of aliphatic imine (C=N–C) groups is 2. The Morgan fingerprint density at radius 1 is 0.491 bits per heavy atom. The Bertz CT molecular complexity index is 1210. The lowest BCUT2D eigenvalue weighted by Crippen LogP contribution is -2.48. The standard InChI is InChI=1S/C30H59N15O10/c31-20(3-1-5-41-29(33)34)27(54)39-9-7-37-22(46)15-44(18-25(50)51)13-11-43(17-24(48)49)12-14-45(19-26(52)53)16-23(47)38-8-10-40-28(55)21(32)4-2-6-42-30(35)36/h20-21H,1-19,31-32H2,(H,37,46)(H,38,47)(H,39,54)(H,40,55)(H,48,49)(H,50,51)(H,52,53)(H4,33,34,41)(H4,35,36,42). The third-order valence-electron chi connectivity index (χ3n) is 7.38. The molecule has 0 aliphatic carbocycles. The normalized spacial score (nSPS) is 12.0. The summed E-state index contributed by atoms with van der Waals surface area (Å²) in [6.07, 6.45) is 1.62. The van der Waals surface area contributed by atoms with Crippen LogP contribution in [0.15, 0.2) is 9.98 Å². The molecule has 2 unspecified atom stereocenters. The van der Waals surface area contributed by atoms with Crippen LogP contribution in [0.2, 0.25) is 0 Å². The first kappa shape index (κ1) is 49.6. The van der Waals surface area contributed by atoms with Crippen LogP contribution in [-0.4, -0.2) is 194 Å². The van der Waals surface area contributed by atoms with Gasteiger partial charge in [-0.3, -0.25) is 58.2 Å². The molecule has 0 aromatic carbocycles. The van der Waals surface area contributed by atoms with Crippen molar-refractivity contribution in [1.82, 2.24) is 36.0 Å². The number of carbonyl (C=O) groups excluding carboxylic acids is 4. The predicted molar refractivity (Wildman–Crippen MR) is 200 cm³/mol. The average molecular weight is 790 g/mol. The maximum atomic E-state index is 12.5. The minimum atomic E-state index is -1.24. The second kappa shape index (κ2) is 29.0. The summed E-state index contributed by atoms with van der Waals surface area (Å²) in [5.41, 5.74) is 32.6. The average Bonchev–Trinajstić information content (AvgIpc) is 3.08. The Morgan fingerprint density at radius 2 is 0.800 bits per heavy atom. The fourth-order valence-corrected chi connectivity index (χ4v) is 4.69. The lowest BCUT2D eigenvalue weighted by Gasteiger charge is -2.28. The van der Waals surface area contributed by atoms with E-state index in [-0.39, 0.29) is 77.4 Å². The molecule has 25 heteroatoms. The predicted octanol–water partition coefficient (Wildman–Crippen LogP) is -7.63. The molecule has 0 saturated heterocycles. The van der Waals surface area contributed by atoms with Crippen LogP contribution in [0.25, 0.3) is 0 Å². The van der Waals surface area contributed by atoms with Gasteiger partial charge in [0, 0.05) is 65.4 Å². The van der Waals surface area contributed by atoms with Crippen molar-refractivity contribution in [3.8, 4) is 0 Å². The van der Waals surface area contributed by atoms with Crippen molar-refractivity contribution < 1.29 is 48.9 Å². The van der Waals surface area contributed by atoms with E-state index in [4.69, 9.17) is 34.4 Å². The van der Waals surface area contributed by atoms with E-state index >= 15 is 0 Å². The highest BCUT2D eigenvalue weighted by Gasteiger charge is 2.20. The zero-order valence-electron chi connectivity index (χ0n) is 31.0. The third-order valence-corrected chi connectivity index (χ3v) is 7.38. The van der Waals surface area contributed by atoms with E-state index in [2.05, 4.69) is 31.3 Å². The van der Waals surface area contributed by atoms with Gasteiger partial charge in [0.25, 0.3) is 0 Å². The number of rotatable bonds is 32. The molecule has 0 bridgehead atoms. The van der Waals surface area contributed by atoms with Gasteiger partial charge in [-0.1, -0.05) is 0 Å². The molecule has 0 aromatic heterocycles. The zero-order chi connectivity index (χ0) is 41.8. The summed E-state index contributed by atoms with van der Waals surface area (Å²) in [7, 11) is 0. The summed E-state index contributed by atoms with van der Waals surface area (Å²) in [4.78, 5) is 95.5. The molecule has 0 saturated carbocycles. The van der Waals surface area contributed by atoms with Gasteiger partial charge in [0.2, 0.25) is 23.6 Å². The van der Waals surface area contributed by atoms with Gasteiger partial charge in [0.1, 0.15) is 0 Å². The number of nitrogens with zero attached hydrogens (tertiary/aromatic N) is 5. The van der Waals surface area contributed by atoms with E-state index < -0.39 is 73.3 Å². The second-order valence-electron chi connectivity index (χ2n) is 12.3. The van der Waals surface area contributed by atoms with Crippen molar-refractivity contribution in [2.75, 3.05) is 98.2 Å². The van der Waals surface area contributed by atoms with Crippen LogP contribution >= 0.6 is 0 Å². The molecular weight excluding hydrogens is 730 g/mol. The van der Waals surface area contributed by atoms with E-state index in [0.717, 1.165) is 0 Å². The van der Waals surface area contributed by atoms with Crippen LogP contribution in [0.4, 0.5) is 0 Å². The SMILES string of the molecule is NC(N)=NCCCC(N)C(=O)NCCNC(=O)CN(CCN(CCN(CC(=O)O)CC(=O)NCCNC(=O)C(N)CCCN=C(N)N)CC(=O)O)CC(=O)O. The highest BCUT2D eigenvalue weighted by Crippen LogP contribution is 1.99. The van der Waals surface area contributed by atoms with Crippen LogP contribution in [0.1, 0.15) is 25.7 Å². The van der Waals surface area contributed by atoms with Crippen LogP contribution in [0.3, 0.4) is 0 Å². The molecule has 4 amide bonds. The summed E-state index contributed by atoms with van der Waals surface area (Å²) in [5, 5.41) is 38.5. The second-order valence-corrected chi connectivity index (χ2v) is 12.3. The number of nitrogens with two attached hydrogens (primary N) is 6. The fourth-order valence-electron chi connectivity index (χ4n) is 4.69. The van der Waals surface area contributed by atoms with E-state index in [1.165, 1.54) is 14.7 Å². The molecule has 2 atom stereocenters. The monoisotopic (exact) mass is 789 g/mol. The van der Waals surface area contributed by atoms with Crippen molar-refractivity contribution in [2.24, 2.45) is 44.4 Å². The van der Waals surface area contributed by atoms with Crippen LogP contribution in [0, 0.1) is 0 Å². The number of hydrogen-bond acceptors (Lipinski definition) is 14. The highest BCUT2D eigenvalue weighted by atomic mass is 16.4. The summed E-state index contributed by atoms with van der Waals surface area (Å²) in [5.74, 6) is -5.81. The maximum Gasteiger partial charge on any atom is 0.317 e. The minimum absolute atomic E-state index is 0.0206. The van der Waals surface area contributed by atoms with Crippen molar-refractivity contribution in [2.45, 2.75) is 37.8 Å². The minimum Gasteiger partial charge on any atom is -0.480 e. The largest absolute Gasteiger partial charge is 0.480 e. The summed E-state index contributed by atoms with van der Waals surface area (Å²) >= 11 is 0. The number of amides is 4. The number of nitrogens with one attached hydrogen (secondary N) is 4. The van der Waals surface area contributed by atoms with E-state index in [9.17, 15) is 48.9 Å². The number of carboxylic acids is 3. The number of hydrogen-bond donors (Lipinski definition) is 13. The van der Waals surface area contributed by atoms with Gasteiger partial charge in [-0.25, -0.2) is 0 Å². The third kappa shape index (κ3) is 28.8. The Kier molecular flexibility index (Phi) is 26.2. The Labute approximate surface area is 318 Å². The molecule has 0 spiro atoms. The maximum absolute atomic E-state index is 12.5. The van der Waals surface area contributed by atoms with E-state index in [1.807, 2.05) is 0 Å². The Hall–Kier alpha value is -5.37. The first-order valence-corrected chi connectivity index (χ1v) is 17.4. The number of carbonyl (C=O) groups is 7. The van der Waals surface area contributed by atoms with E-state index in [1.54, 1.807) is 0 Å². The fraction of sp³-hybridized carbons (Fsp3) is 0.700. The molecule has 25 nitrogen and oxygen atoms in total. The molecule has 0 aliphatic heterocycles. The quantitative estimate of drug-likeness (QED) is 0.0171. The van der Waals surface area contributed by atoms with Crippen molar-refractivity contribution in [3.63, 3.8) is 0 Å². The highest BCUT2D eigenvalue weighted by molar-refractivity contribution is 5.83. The summed E-state index contributed by atoms with van der Waals surface area (Å²) < 4.78 is 0. The lowest BCUT2D eigenvalue weighted by atomic mass is 10.1. The Balaban J connectivity index is 4.94. The molecule has 0 fully saturated rings. The molecule has 55 heavy (non-hydrogen) atoms. The smallest absolute Gasteiger partial charge is 0.317 e. The van der Waals surface area contributed by atoms with Gasteiger partial charge < -0.3 is 71.0 Å². The first-order chi connectivity index (χ1) is 25.9. The Morgan fingerprint density at radius 3 is 1.13 bits per heavy atom. The number of aliphatic carboxylic acids is 3. The molecular formula is C30H59N15O10. The van der Waals surface area contributed by atoms with Crippen molar-refractivity contribution >= 4 is 53.5 Å². The lowest BCUT2D eigenvalue weighted by molar-refractivity contribution is -0.141. The van der Waals surface area contributed by atoms with Gasteiger partial charge in [-0.2, -0.15) is 0 Å². The summed E-state index contributed by atoms with van der Waals surface area (Å²) in [6.45, 7) is -1.66. The van der Waals surface area contributed by atoms with Gasteiger partial charge >= 0.3 is 17.9 Å². The van der Waals surface area contributed by atoms with E-state index in [0.29, 0.717) is 38.8 Å². The van der Waals surface area contributed by atoms with Crippen molar-refractivity contribution in [3.05, 3.63) is 0 Å². The van der Waals surface area contributed by atoms with Gasteiger partial charge in [0.05, 0.1) is 44.8 Å². The molecule has 314 valence electrons. The van der Waals surface area contributed by atoms with Gasteiger partial charge in [-0.05, 0) is 25.7 Å². The van der Waals surface area contributed by atoms with Gasteiger partial charge in [0.15, 0.2) is 11.9 Å². The molecule has 0 rings (SSSR count). The molecule has 0 aromatic rings. The topological polar surface area (TPSA) is 419 Å². The van der Waals surface area contributed by atoms with Gasteiger partial charge in [-0.15, -0.1) is 0 Å². The zero-order valence-corrected chi connectivity index (χ0v) is 31.0.